The monoisotopic (exact) mass is 476 g/mol. The lowest BCUT2D eigenvalue weighted by atomic mass is 9.98. The standard InChI is InChI=1S/C26H28N4O5/c1-16(11-12-23(31)32)29-25(33)24-17(14-28-30(24)2)13-27-26(34)35-15-22-20-9-5-3-7-18(20)19-8-4-6-10-21(19)22/h3-10,14,16,22H,11-13,15H2,1-2H3,(H,27,34)(H,29,33)(H,31,32). The lowest BCUT2D eigenvalue weighted by Crippen LogP contribution is -2.35. The van der Waals surface area contributed by atoms with E-state index in [4.69, 9.17) is 9.84 Å². The first kappa shape index (κ1) is 24.0. The number of aliphatic carboxylic acids is 1. The molecule has 1 aliphatic carbocycles. The Labute approximate surface area is 203 Å². The maximum atomic E-state index is 12.7. The molecule has 1 atom stereocenters. The van der Waals surface area contributed by atoms with Crippen molar-refractivity contribution in [1.29, 1.82) is 0 Å². The number of nitrogens with one attached hydrogen (secondary N) is 2. The summed E-state index contributed by atoms with van der Waals surface area (Å²) in [6.07, 6.45) is 1.20. The van der Waals surface area contributed by atoms with Gasteiger partial charge in [-0.05, 0) is 35.6 Å². The van der Waals surface area contributed by atoms with Crippen molar-refractivity contribution in [3.8, 4) is 11.1 Å². The Morgan fingerprint density at radius 2 is 1.71 bits per heavy atom. The predicted octanol–water partition coefficient (Wildman–Crippen LogP) is 3.44. The number of alkyl carbamates (subject to hydrolysis) is 1. The molecule has 182 valence electrons. The second-order valence-electron chi connectivity index (χ2n) is 8.63. The summed E-state index contributed by atoms with van der Waals surface area (Å²) in [5.74, 6) is -1.34. The Balaban J connectivity index is 1.35. The van der Waals surface area contributed by atoms with Gasteiger partial charge in [0.25, 0.3) is 5.91 Å². The van der Waals surface area contributed by atoms with Gasteiger partial charge in [-0.25, -0.2) is 4.79 Å². The van der Waals surface area contributed by atoms with Crippen molar-refractivity contribution in [1.82, 2.24) is 20.4 Å². The Kier molecular flexibility index (Phi) is 7.14. The summed E-state index contributed by atoms with van der Waals surface area (Å²) < 4.78 is 6.98. The van der Waals surface area contributed by atoms with E-state index in [1.807, 2.05) is 24.3 Å². The van der Waals surface area contributed by atoms with E-state index in [-0.39, 0.29) is 37.4 Å². The van der Waals surface area contributed by atoms with Crippen LogP contribution in [-0.2, 0) is 23.1 Å². The third kappa shape index (κ3) is 5.34. The average Bonchev–Trinajstić information content (AvgIpc) is 3.37. The molecule has 2 aromatic carbocycles. The van der Waals surface area contributed by atoms with Gasteiger partial charge in [-0.15, -0.1) is 0 Å². The second-order valence-corrected chi connectivity index (χ2v) is 8.63. The molecule has 4 rings (SSSR count). The van der Waals surface area contributed by atoms with Gasteiger partial charge < -0.3 is 20.5 Å². The fraction of sp³-hybridized carbons (Fsp3) is 0.308. The zero-order chi connectivity index (χ0) is 24.9. The first-order valence-corrected chi connectivity index (χ1v) is 11.5. The zero-order valence-electron chi connectivity index (χ0n) is 19.7. The maximum absolute atomic E-state index is 12.7. The molecule has 0 radical (unpaired) electrons. The number of aromatic nitrogens is 2. The highest BCUT2D eigenvalue weighted by Gasteiger charge is 2.29. The Hall–Kier alpha value is -4.14. The number of carbonyl (C=O) groups excluding carboxylic acids is 2. The number of benzene rings is 2. The minimum absolute atomic E-state index is 0.0387. The topological polar surface area (TPSA) is 123 Å². The molecule has 9 heteroatoms. The number of rotatable bonds is 9. The van der Waals surface area contributed by atoms with Gasteiger partial charge >= 0.3 is 12.1 Å². The number of aryl methyl sites for hydroxylation is 1. The first-order valence-electron chi connectivity index (χ1n) is 11.5. The van der Waals surface area contributed by atoms with Crippen molar-refractivity contribution in [3.05, 3.63) is 77.1 Å². The number of nitrogens with zero attached hydrogens (tertiary/aromatic N) is 2. The molecule has 3 N–H and O–H groups in total. The fourth-order valence-corrected chi connectivity index (χ4v) is 4.43. The molecule has 0 fully saturated rings. The van der Waals surface area contributed by atoms with Crippen LogP contribution >= 0.6 is 0 Å². The molecule has 1 unspecified atom stereocenters. The van der Waals surface area contributed by atoms with E-state index < -0.39 is 12.1 Å². The summed E-state index contributed by atoms with van der Waals surface area (Å²) in [6, 6.07) is 15.9. The van der Waals surface area contributed by atoms with Crippen molar-refractivity contribution >= 4 is 18.0 Å². The highest BCUT2D eigenvalue weighted by molar-refractivity contribution is 5.94. The molecule has 2 amide bonds. The third-order valence-corrected chi connectivity index (χ3v) is 6.17. The number of carbonyl (C=O) groups is 3. The Morgan fingerprint density at radius 3 is 2.34 bits per heavy atom. The number of ether oxygens (including phenoxy) is 1. The van der Waals surface area contributed by atoms with E-state index in [0.717, 1.165) is 22.3 Å². The Morgan fingerprint density at radius 1 is 1.09 bits per heavy atom. The molecular formula is C26H28N4O5. The van der Waals surface area contributed by atoms with Crippen molar-refractivity contribution in [3.63, 3.8) is 0 Å². The van der Waals surface area contributed by atoms with Crippen molar-refractivity contribution in [2.75, 3.05) is 6.61 Å². The quantitative estimate of drug-likeness (QED) is 0.435. The summed E-state index contributed by atoms with van der Waals surface area (Å²) in [6.45, 7) is 2.00. The average molecular weight is 477 g/mol. The van der Waals surface area contributed by atoms with E-state index in [1.165, 1.54) is 10.9 Å². The normalized spacial score (nSPS) is 13.0. The molecule has 0 saturated heterocycles. The second kappa shape index (κ2) is 10.4. The largest absolute Gasteiger partial charge is 0.481 e. The fourth-order valence-electron chi connectivity index (χ4n) is 4.43. The number of amides is 2. The van der Waals surface area contributed by atoms with Crippen LogP contribution in [0, 0.1) is 0 Å². The Bertz CT molecular complexity index is 1210. The molecular weight excluding hydrogens is 448 g/mol. The van der Waals surface area contributed by atoms with E-state index >= 15 is 0 Å². The SMILES string of the molecule is CC(CCC(=O)O)NC(=O)c1c(CNC(=O)OCC2c3ccccc3-c3ccccc32)cnn1C. The van der Waals surface area contributed by atoms with Crippen molar-refractivity contribution < 1.29 is 24.2 Å². The minimum Gasteiger partial charge on any atom is -0.481 e. The van der Waals surface area contributed by atoms with Gasteiger partial charge in [0.1, 0.15) is 12.3 Å². The zero-order valence-corrected chi connectivity index (χ0v) is 19.7. The number of hydrogen-bond donors (Lipinski definition) is 3. The van der Waals surface area contributed by atoms with Crippen LogP contribution in [0.1, 0.15) is 52.9 Å². The number of carboxylic acid groups (broad SMARTS) is 1. The number of hydrogen-bond acceptors (Lipinski definition) is 5. The smallest absolute Gasteiger partial charge is 0.407 e. The van der Waals surface area contributed by atoms with Crippen LogP contribution < -0.4 is 10.6 Å². The van der Waals surface area contributed by atoms with Crippen molar-refractivity contribution in [2.45, 2.75) is 38.3 Å². The van der Waals surface area contributed by atoms with Crippen LogP contribution in [0.25, 0.3) is 11.1 Å². The molecule has 0 aliphatic heterocycles. The highest BCUT2D eigenvalue weighted by Crippen LogP contribution is 2.44. The summed E-state index contributed by atoms with van der Waals surface area (Å²) in [4.78, 5) is 36.0. The molecule has 0 bridgehead atoms. The summed E-state index contributed by atoms with van der Waals surface area (Å²) >= 11 is 0. The molecule has 1 aromatic heterocycles. The van der Waals surface area contributed by atoms with Crippen LogP contribution in [0.2, 0.25) is 0 Å². The third-order valence-electron chi connectivity index (χ3n) is 6.17. The van der Waals surface area contributed by atoms with Crippen LogP contribution in [0.4, 0.5) is 4.79 Å². The molecule has 1 heterocycles. The number of fused-ring (bicyclic) bond motifs is 3. The number of carboxylic acids is 1. The van der Waals surface area contributed by atoms with Crippen LogP contribution in [0.3, 0.4) is 0 Å². The summed E-state index contributed by atoms with van der Waals surface area (Å²) in [7, 11) is 1.63. The molecule has 9 nitrogen and oxygen atoms in total. The van der Waals surface area contributed by atoms with Gasteiger partial charge in [0.2, 0.25) is 0 Å². The highest BCUT2D eigenvalue weighted by atomic mass is 16.5. The minimum atomic E-state index is -0.917. The lowest BCUT2D eigenvalue weighted by molar-refractivity contribution is -0.137. The molecule has 0 saturated carbocycles. The predicted molar refractivity (Wildman–Crippen MR) is 129 cm³/mol. The molecule has 35 heavy (non-hydrogen) atoms. The first-order chi connectivity index (χ1) is 16.8. The van der Waals surface area contributed by atoms with Gasteiger partial charge in [-0.2, -0.15) is 5.10 Å². The van der Waals surface area contributed by atoms with Crippen LogP contribution in [0.5, 0.6) is 0 Å². The summed E-state index contributed by atoms with van der Waals surface area (Å²) in [5.41, 5.74) is 5.39. The van der Waals surface area contributed by atoms with Crippen molar-refractivity contribution in [2.24, 2.45) is 7.05 Å². The van der Waals surface area contributed by atoms with E-state index in [1.54, 1.807) is 14.0 Å². The lowest BCUT2D eigenvalue weighted by Gasteiger charge is -2.15. The van der Waals surface area contributed by atoms with Crippen LogP contribution in [-0.4, -0.2) is 45.5 Å². The van der Waals surface area contributed by atoms with E-state index in [0.29, 0.717) is 17.7 Å². The molecule has 1 aliphatic rings. The van der Waals surface area contributed by atoms with Crippen LogP contribution in [0.15, 0.2) is 54.7 Å². The van der Waals surface area contributed by atoms with Gasteiger partial charge in [0.15, 0.2) is 0 Å². The maximum Gasteiger partial charge on any atom is 0.407 e. The van der Waals surface area contributed by atoms with Gasteiger partial charge in [0.05, 0.1) is 12.7 Å². The van der Waals surface area contributed by atoms with Gasteiger partial charge in [-0.3, -0.25) is 14.3 Å². The summed E-state index contributed by atoms with van der Waals surface area (Å²) in [5, 5.41) is 18.4. The van der Waals surface area contributed by atoms with Gasteiger partial charge in [-0.1, -0.05) is 48.5 Å². The van der Waals surface area contributed by atoms with Gasteiger partial charge in [0, 0.05) is 31.0 Å². The van der Waals surface area contributed by atoms with E-state index in [2.05, 4.69) is 40.0 Å². The van der Waals surface area contributed by atoms with E-state index in [9.17, 15) is 14.4 Å². The molecule has 3 aromatic rings. The molecule has 0 spiro atoms.